The standard InChI is InChI=1S/C13H21NO4/c1-2-11-10(4-6-18-11)13(17)14-5-3-9(8-14)7-12(15)16/h9-11H,2-8H2,1H3,(H,15,16). The van der Waals surface area contributed by atoms with Crippen molar-refractivity contribution in [2.45, 2.75) is 38.7 Å². The van der Waals surface area contributed by atoms with Crippen molar-refractivity contribution >= 4 is 11.9 Å². The van der Waals surface area contributed by atoms with Crippen LogP contribution in [0.3, 0.4) is 0 Å². The Balaban J connectivity index is 1.89. The Hall–Kier alpha value is -1.10. The number of carbonyl (C=O) groups is 2. The molecule has 2 saturated heterocycles. The number of carboxylic acid groups (broad SMARTS) is 1. The van der Waals surface area contributed by atoms with Crippen LogP contribution in [0.15, 0.2) is 0 Å². The molecule has 0 radical (unpaired) electrons. The number of rotatable bonds is 4. The van der Waals surface area contributed by atoms with E-state index in [1.54, 1.807) is 0 Å². The first-order valence-electron chi connectivity index (χ1n) is 6.74. The van der Waals surface area contributed by atoms with Crippen molar-refractivity contribution in [3.63, 3.8) is 0 Å². The Morgan fingerprint density at radius 3 is 2.83 bits per heavy atom. The van der Waals surface area contributed by atoms with Crippen LogP contribution in [0, 0.1) is 11.8 Å². The maximum atomic E-state index is 12.3. The molecular formula is C13H21NO4. The zero-order chi connectivity index (χ0) is 13.1. The van der Waals surface area contributed by atoms with E-state index in [9.17, 15) is 9.59 Å². The molecular weight excluding hydrogens is 234 g/mol. The van der Waals surface area contributed by atoms with Crippen LogP contribution in [0.5, 0.6) is 0 Å². The minimum absolute atomic E-state index is 0.0152. The number of ether oxygens (including phenoxy) is 1. The maximum Gasteiger partial charge on any atom is 0.303 e. The highest BCUT2D eigenvalue weighted by atomic mass is 16.5. The van der Waals surface area contributed by atoms with E-state index in [0.29, 0.717) is 19.7 Å². The van der Waals surface area contributed by atoms with E-state index in [4.69, 9.17) is 9.84 Å². The SMILES string of the molecule is CCC1OCCC1C(=O)N1CCC(CC(=O)O)C1. The number of aliphatic carboxylic acids is 1. The zero-order valence-electron chi connectivity index (χ0n) is 10.8. The number of amides is 1. The van der Waals surface area contributed by atoms with Crippen molar-refractivity contribution in [1.82, 2.24) is 4.90 Å². The monoisotopic (exact) mass is 255 g/mol. The van der Waals surface area contributed by atoms with E-state index in [0.717, 1.165) is 19.3 Å². The smallest absolute Gasteiger partial charge is 0.303 e. The van der Waals surface area contributed by atoms with Crippen LogP contribution in [0.1, 0.15) is 32.6 Å². The molecule has 2 aliphatic rings. The third-order valence-electron chi connectivity index (χ3n) is 3.99. The highest BCUT2D eigenvalue weighted by Crippen LogP contribution is 2.28. The second-order valence-electron chi connectivity index (χ2n) is 5.25. The normalized spacial score (nSPS) is 31.8. The lowest BCUT2D eigenvalue weighted by molar-refractivity contribution is -0.139. The summed E-state index contributed by atoms with van der Waals surface area (Å²) in [6.07, 6.45) is 2.70. The summed E-state index contributed by atoms with van der Waals surface area (Å²) in [7, 11) is 0. The average Bonchev–Trinajstić information content (AvgIpc) is 2.95. The van der Waals surface area contributed by atoms with Gasteiger partial charge in [0.05, 0.1) is 12.0 Å². The summed E-state index contributed by atoms with van der Waals surface area (Å²) in [5, 5.41) is 8.77. The van der Waals surface area contributed by atoms with E-state index < -0.39 is 5.97 Å². The van der Waals surface area contributed by atoms with Crippen molar-refractivity contribution in [1.29, 1.82) is 0 Å². The minimum atomic E-state index is -0.773. The molecule has 0 bridgehead atoms. The van der Waals surface area contributed by atoms with Crippen molar-refractivity contribution in [2.75, 3.05) is 19.7 Å². The van der Waals surface area contributed by atoms with Gasteiger partial charge in [-0.05, 0) is 25.2 Å². The Bertz CT molecular complexity index is 331. The fourth-order valence-electron chi connectivity index (χ4n) is 3.01. The number of hydrogen-bond acceptors (Lipinski definition) is 3. The topological polar surface area (TPSA) is 66.8 Å². The molecule has 0 aromatic rings. The van der Waals surface area contributed by atoms with Gasteiger partial charge in [-0.3, -0.25) is 9.59 Å². The average molecular weight is 255 g/mol. The number of nitrogens with zero attached hydrogens (tertiary/aromatic N) is 1. The molecule has 5 heteroatoms. The third kappa shape index (κ3) is 2.83. The molecule has 0 spiro atoms. The van der Waals surface area contributed by atoms with Gasteiger partial charge in [0, 0.05) is 26.1 Å². The molecule has 0 aromatic carbocycles. The molecule has 0 aliphatic carbocycles. The number of likely N-dealkylation sites (tertiary alicyclic amines) is 1. The second-order valence-corrected chi connectivity index (χ2v) is 5.25. The van der Waals surface area contributed by atoms with Crippen molar-refractivity contribution in [3.05, 3.63) is 0 Å². The van der Waals surface area contributed by atoms with Gasteiger partial charge in [-0.15, -0.1) is 0 Å². The van der Waals surface area contributed by atoms with Crippen molar-refractivity contribution in [3.8, 4) is 0 Å². The van der Waals surface area contributed by atoms with Crippen LogP contribution < -0.4 is 0 Å². The van der Waals surface area contributed by atoms with E-state index in [2.05, 4.69) is 0 Å². The summed E-state index contributed by atoms with van der Waals surface area (Å²) < 4.78 is 5.55. The first-order chi connectivity index (χ1) is 8.61. The van der Waals surface area contributed by atoms with Crippen LogP contribution in [0.25, 0.3) is 0 Å². The number of carbonyl (C=O) groups excluding carboxylic acids is 1. The second kappa shape index (κ2) is 5.69. The van der Waals surface area contributed by atoms with Gasteiger partial charge in [-0.2, -0.15) is 0 Å². The van der Waals surface area contributed by atoms with Gasteiger partial charge in [-0.1, -0.05) is 6.92 Å². The molecule has 3 unspecified atom stereocenters. The van der Waals surface area contributed by atoms with Crippen LogP contribution in [0.4, 0.5) is 0 Å². The molecule has 2 aliphatic heterocycles. The maximum absolute atomic E-state index is 12.3. The summed E-state index contributed by atoms with van der Waals surface area (Å²) in [5.74, 6) is -0.510. The lowest BCUT2D eigenvalue weighted by atomic mass is 9.98. The van der Waals surface area contributed by atoms with Gasteiger partial charge in [0.25, 0.3) is 0 Å². The summed E-state index contributed by atoms with van der Waals surface area (Å²) in [6.45, 7) is 4.00. The zero-order valence-corrected chi connectivity index (χ0v) is 10.8. The fourth-order valence-corrected chi connectivity index (χ4v) is 3.01. The van der Waals surface area contributed by atoms with Gasteiger partial charge in [-0.25, -0.2) is 0 Å². The molecule has 2 fully saturated rings. The largest absolute Gasteiger partial charge is 0.481 e. The molecule has 2 rings (SSSR count). The Morgan fingerprint density at radius 1 is 1.39 bits per heavy atom. The highest BCUT2D eigenvalue weighted by molar-refractivity contribution is 5.80. The number of hydrogen-bond donors (Lipinski definition) is 1. The lowest BCUT2D eigenvalue weighted by Gasteiger charge is -2.23. The lowest BCUT2D eigenvalue weighted by Crippen LogP contribution is -2.37. The van der Waals surface area contributed by atoms with Crippen LogP contribution in [-0.4, -0.2) is 47.7 Å². The summed E-state index contributed by atoms with van der Waals surface area (Å²) >= 11 is 0. The van der Waals surface area contributed by atoms with Crippen molar-refractivity contribution in [2.24, 2.45) is 11.8 Å². The Morgan fingerprint density at radius 2 is 2.17 bits per heavy atom. The highest BCUT2D eigenvalue weighted by Gasteiger charge is 2.38. The molecule has 0 saturated carbocycles. The molecule has 102 valence electrons. The first kappa shape index (κ1) is 13.3. The van der Waals surface area contributed by atoms with E-state index in [1.165, 1.54) is 0 Å². The van der Waals surface area contributed by atoms with E-state index in [-0.39, 0.29) is 30.3 Å². The van der Waals surface area contributed by atoms with Crippen LogP contribution in [0.2, 0.25) is 0 Å². The molecule has 2 heterocycles. The summed E-state index contributed by atoms with van der Waals surface area (Å²) in [6, 6.07) is 0. The fraction of sp³-hybridized carbons (Fsp3) is 0.846. The van der Waals surface area contributed by atoms with Gasteiger partial charge in [0.1, 0.15) is 0 Å². The Kier molecular flexibility index (Phi) is 4.22. The number of carboxylic acids is 1. The molecule has 1 amide bonds. The summed E-state index contributed by atoms with van der Waals surface area (Å²) in [4.78, 5) is 24.8. The minimum Gasteiger partial charge on any atom is -0.481 e. The predicted molar refractivity (Wildman–Crippen MR) is 65.1 cm³/mol. The predicted octanol–water partition coefficient (Wildman–Crippen LogP) is 1.12. The van der Waals surface area contributed by atoms with Crippen LogP contribution >= 0.6 is 0 Å². The van der Waals surface area contributed by atoms with Gasteiger partial charge < -0.3 is 14.7 Å². The quantitative estimate of drug-likeness (QED) is 0.817. The van der Waals surface area contributed by atoms with Gasteiger partial charge in [0.2, 0.25) is 5.91 Å². The van der Waals surface area contributed by atoms with E-state index in [1.807, 2.05) is 11.8 Å². The third-order valence-corrected chi connectivity index (χ3v) is 3.99. The molecule has 0 aromatic heterocycles. The van der Waals surface area contributed by atoms with Gasteiger partial charge in [0.15, 0.2) is 0 Å². The van der Waals surface area contributed by atoms with E-state index >= 15 is 0 Å². The molecule has 5 nitrogen and oxygen atoms in total. The molecule has 3 atom stereocenters. The summed E-state index contributed by atoms with van der Waals surface area (Å²) in [5.41, 5.74) is 0. The molecule has 1 N–H and O–H groups in total. The van der Waals surface area contributed by atoms with Crippen molar-refractivity contribution < 1.29 is 19.4 Å². The first-order valence-corrected chi connectivity index (χ1v) is 6.74. The Labute approximate surface area is 107 Å². The molecule has 18 heavy (non-hydrogen) atoms. The van der Waals surface area contributed by atoms with Crippen LogP contribution in [-0.2, 0) is 14.3 Å². The van der Waals surface area contributed by atoms with Gasteiger partial charge >= 0.3 is 5.97 Å².